The smallest absolute Gasteiger partial charge is 0.299 e. The van der Waals surface area contributed by atoms with E-state index in [4.69, 9.17) is 0 Å². The summed E-state index contributed by atoms with van der Waals surface area (Å²) in [6, 6.07) is 7.60. The molecule has 0 fully saturated rings. The lowest BCUT2D eigenvalue weighted by molar-refractivity contribution is -0.114. The Bertz CT molecular complexity index is 718. The number of aromatic nitrogens is 2. The molecular formula is C16H17N3O2. The van der Waals surface area contributed by atoms with Crippen LogP contribution in [0, 0.1) is 0 Å². The molecule has 2 heterocycles. The van der Waals surface area contributed by atoms with Crippen LogP contribution in [0.2, 0.25) is 0 Å². The van der Waals surface area contributed by atoms with Crippen molar-refractivity contribution in [3.05, 3.63) is 47.3 Å². The highest BCUT2D eigenvalue weighted by atomic mass is 16.2. The molecule has 0 spiro atoms. The third-order valence-corrected chi connectivity index (χ3v) is 3.96. The first-order valence-electron chi connectivity index (χ1n) is 7.07. The Morgan fingerprint density at radius 3 is 2.67 bits per heavy atom. The van der Waals surface area contributed by atoms with Gasteiger partial charge in [0.1, 0.15) is 0 Å². The van der Waals surface area contributed by atoms with Crippen LogP contribution in [-0.2, 0) is 24.7 Å². The molecule has 0 N–H and O–H groups in total. The summed E-state index contributed by atoms with van der Waals surface area (Å²) >= 11 is 0. The van der Waals surface area contributed by atoms with Crippen LogP contribution in [-0.4, -0.2) is 28.0 Å². The zero-order valence-corrected chi connectivity index (χ0v) is 12.2. The number of Topliss-reactive ketones (excluding diaryl/α,β-unsaturated/α-hetero) is 1. The first-order valence-corrected chi connectivity index (χ1v) is 7.07. The Morgan fingerprint density at radius 1 is 1.19 bits per heavy atom. The molecule has 2 aromatic rings. The number of aryl methyl sites for hydroxylation is 2. The lowest BCUT2D eigenvalue weighted by atomic mass is 10.1. The summed E-state index contributed by atoms with van der Waals surface area (Å²) in [5.74, 6) is -0.828. The number of anilines is 1. The van der Waals surface area contributed by atoms with Gasteiger partial charge in [0.25, 0.3) is 11.7 Å². The highest BCUT2D eigenvalue weighted by Crippen LogP contribution is 2.30. The summed E-state index contributed by atoms with van der Waals surface area (Å²) in [7, 11) is 1.87. The summed E-state index contributed by atoms with van der Waals surface area (Å²) in [6.07, 6.45) is 3.25. The molecule has 21 heavy (non-hydrogen) atoms. The quantitative estimate of drug-likeness (QED) is 0.803. The van der Waals surface area contributed by atoms with E-state index in [2.05, 4.69) is 5.10 Å². The predicted octanol–water partition coefficient (Wildman–Crippen LogP) is 1.75. The number of hydrogen-bond donors (Lipinski definition) is 0. The number of nitrogens with zero attached hydrogens (tertiary/aromatic N) is 3. The van der Waals surface area contributed by atoms with Gasteiger partial charge in [0, 0.05) is 31.9 Å². The van der Waals surface area contributed by atoms with Crippen molar-refractivity contribution in [1.29, 1.82) is 0 Å². The van der Waals surface area contributed by atoms with E-state index in [1.807, 2.05) is 38.2 Å². The molecule has 0 aliphatic carbocycles. The first-order chi connectivity index (χ1) is 10.1. The number of carbonyl (C=O) groups excluding carboxylic acids is 2. The second kappa shape index (κ2) is 5.16. The van der Waals surface area contributed by atoms with Crippen LogP contribution >= 0.6 is 0 Å². The van der Waals surface area contributed by atoms with E-state index in [0.29, 0.717) is 18.5 Å². The van der Waals surface area contributed by atoms with Gasteiger partial charge in [-0.25, -0.2) is 0 Å². The monoisotopic (exact) mass is 283 g/mol. The number of rotatable bonds is 4. The van der Waals surface area contributed by atoms with E-state index in [0.717, 1.165) is 23.4 Å². The van der Waals surface area contributed by atoms with Crippen LogP contribution in [0.25, 0.3) is 0 Å². The molecule has 5 nitrogen and oxygen atoms in total. The molecular weight excluding hydrogens is 266 g/mol. The zero-order valence-electron chi connectivity index (χ0n) is 12.2. The number of benzene rings is 1. The highest BCUT2D eigenvalue weighted by molar-refractivity contribution is 6.52. The van der Waals surface area contributed by atoms with Crippen LogP contribution in [0.5, 0.6) is 0 Å². The van der Waals surface area contributed by atoms with Gasteiger partial charge in [0.05, 0.1) is 11.3 Å². The minimum atomic E-state index is -0.430. The van der Waals surface area contributed by atoms with Crippen molar-refractivity contribution >= 4 is 17.4 Å². The zero-order chi connectivity index (χ0) is 15.0. The fourth-order valence-corrected chi connectivity index (χ4v) is 2.66. The average molecular weight is 283 g/mol. The Hall–Kier alpha value is -2.43. The van der Waals surface area contributed by atoms with Crippen LogP contribution in [0.1, 0.15) is 28.5 Å². The minimum Gasteiger partial charge on any atom is -0.304 e. The lowest BCUT2D eigenvalue weighted by Gasteiger charge is -2.16. The number of hydrogen-bond acceptors (Lipinski definition) is 3. The molecule has 108 valence electrons. The molecule has 1 aromatic carbocycles. The van der Waals surface area contributed by atoms with Crippen molar-refractivity contribution < 1.29 is 9.59 Å². The Morgan fingerprint density at radius 2 is 2.00 bits per heavy atom. The molecule has 0 saturated carbocycles. The van der Waals surface area contributed by atoms with E-state index >= 15 is 0 Å². The second-order valence-corrected chi connectivity index (χ2v) is 5.19. The van der Waals surface area contributed by atoms with Gasteiger partial charge in [-0.15, -0.1) is 0 Å². The van der Waals surface area contributed by atoms with Gasteiger partial charge in [-0.2, -0.15) is 5.10 Å². The Kier molecular flexibility index (Phi) is 3.33. The van der Waals surface area contributed by atoms with E-state index in [-0.39, 0.29) is 0 Å². The van der Waals surface area contributed by atoms with E-state index in [1.54, 1.807) is 15.8 Å². The molecule has 1 aliphatic heterocycles. The minimum absolute atomic E-state index is 0.398. The van der Waals surface area contributed by atoms with Crippen molar-refractivity contribution in [2.75, 3.05) is 11.4 Å². The van der Waals surface area contributed by atoms with Gasteiger partial charge in [-0.1, -0.05) is 13.0 Å². The maximum Gasteiger partial charge on any atom is 0.299 e. The molecule has 3 rings (SSSR count). The van der Waals surface area contributed by atoms with Crippen molar-refractivity contribution in [2.24, 2.45) is 7.05 Å². The van der Waals surface area contributed by atoms with Crippen LogP contribution in [0.4, 0.5) is 5.69 Å². The fourth-order valence-electron chi connectivity index (χ4n) is 2.66. The standard InChI is InChI=1S/C16H17N3O2/c1-3-11-4-5-14-13(10-11)15(20)16(21)19(14)9-7-12-6-8-17-18(12)2/h4-6,8,10H,3,7,9H2,1-2H3. The van der Waals surface area contributed by atoms with Crippen molar-refractivity contribution in [3.63, 3.8) is 0 Å². The summed E-state index contributed by atoms with van der Waals surface area (Å²) in [6.45, 7) is 2.52. The molecule has 5 heteroatoms. The van der Waals surface area contributed by atoms with Gasteiger partial charge in [0.2, 0.25) is 0 Å². The number of carbonyl (C=O) groups is 2. The van der Waals surface area contributed by atoms with Gasteiger partial charge in [0.15, 0.2) is 0 Å². The fraction of sp³-hybridized carbons (Fsp3) is 0.312. The highest BCUT2D eigenvalue weighted by Gasteiger charge is 2.35. The van der Waals surface area contributed by atoms with Crippen molar-refractivity contribution in [3.8, 4) is 0 Å². The molecule has 0 atom stereocenters. The van der Waals surface area contributed by atoms with Gasteiger partial charge >= 0.3 is 0 Å². The predicted molar refractivity (Wildman–Crippen MR) is 79.4 cm³/mol. The van der Waals surface area contributed by atoms with Crippen LogP contribution < -0.4 is 4.90 Å². The summed E-state index contributed by atoms with van der Waals surface area (Å²) in [5, 5.41) is 4.11. The maximum atomic E-state index is 12.2. The third-order valence-electron chi connectivity index (χ3n) is 3.96. The van der Waals surface area contributed by atoms with Gasteiger partial charge in [-0.3, -0.25) is 14.3 Å². The topological polar surface area (TPSA) is 55.2 Å². The van der Waals surface area contributed by atoms with Crippen LogP contribution in [0.3, 0.4) is 0 Å². The molecule has 0 saturated heterocycles. The summed E-state index contributed by atoms with van der Waals surface area (Å²) < 4.78 is 1.78. The molecule has 0 unspecified atom stereocenters. The molecule has 0 radical (unpaired) electrons. The largest absolute Gasteiger partial charge is 0.304 e. The SMILES string of the molecule is CCc1ccc2c(c1)C(=O)C(=O)N2CCc1ccnn1C. The van der Waals surface area contributed by atoms with E-state index in [9.17, 15) is 9.59 Å². The molecule has 0 bridgehead atoms. The van der Waals surface area contributed by atoms with E-state index in [1.165, 1.54) is 0 Å². The van der Waals surface area contributed by atoms with Crippen LogP contribution in [0.15, 0.2) is 30.5 Å². The summed E-state index contributed by atoms with van der Waals surface area (Å²) in [4.78, 5) is 25.8. The molecule has 1 aliphatic rings. The maximum absolute atomic E-state index is 12.2. The first kappa shape index (κ1) is 13.5. The van der Waals surface area contributed by atoms with Gasteiger partial charge < -0.3 is 4.90 Å². The van der Waals surface area contributed by atoms with Crippen molar-refractivity contribution in [2.45, 2.75) is 19.8 Å². The number of ketones is 1. The third kappa shape index (κ3) is 2.24. The van der Waals surface area contributed by atoms with E-state index < -0.39 is 11.7 Å². The normalized spacial score (nSPS) is 13.9. The average Bonchev–Trinajstić information content (AvgIpc) is 3.00. The molecule has 1 aromatic heterocycles. The number of fused-ring (bicyclic) bond motifs is 1. The summed E-state index contributed by atoms with van der Waals surface area (Å²) in [5.41, 5.74) is 3.37. The lowest BCUT2D eigenvalue weighted by Crippen LogP contribution is -2.32. The molecule has 1 amide bonds. The Labute approximate surface area is 123 Å². The second-order valence-electron chi connectivity index (χ2n) is 5.19. The van der Waals surface area contributed by atoms with Gasteiger partial charge in [-0.05, 0) is 30.2 Å². The number of amides is 1. The van der Waals surface area contributed by atoms with Crippen molar-refractivity contribution in [1.82, 2.24) is 9.78 Å². The Balaban J connectivity index is 1.86.